The zero-order chi connectivity index (χ0) is 12.6. The van der Waals surface area contributed by atoms with Crippen molar-refractivity contribution in [1.29, 1.82) is 0 Å². The first-order chi connectivity index (χ1) is 8.00. The van der Waals surface area contributed by atoms with Gasteiger partial charge in [0.15, 0.2) is 0 Å². The molecule has 2 amide bonds. The van der Waals surface area contributed by atoms with Crippen LogP contribution in [0.25, 0.3) is 0 Å². The highest BCUT2D eigenvalue weighted by Crippen LogP contribution is 2.23. The van der Waals surface area contributed by atoms with Crippen LogP contribution in [0.2, 0.25) is 0 Å². The first kappa shape index (κ1) is 12.5. The summed E-state index contributed by atoms with van der Waals surface area (Å²) in [6, 6.07) is -0.256. The number of amides is 2. The van der Waals surface area contributed by atoms with Crippen LogP contribution in [0.5, 0.6) is 0 Å². The quantitative estimate of drug-likeness (QED) is 0.691. The third kappa shape index (κ3) is 2.36. The lowest BCUT2D eigenvalue weighted by atomic mass is 10.1. The molecule has 0 N–H and O–H groups in total. The van der Waals surface area contributed by atoms with Crippen molar-refractivity contribution >= 4 is 22.6 Å². The van der Waals surface area contributed by atoms with Gasteiger partial charge >= 0.3 is 0 Å². The highest BCUT2D eigenvalue weighted by molar-refractivity contribution is 7.84. The smallest absolute Gasteiger partial charge is 0.245 e. The molecule has 0 radical (unpaired) electrons. The molecule has 0 aromatic carbocycles. The zero-order valence-electron chi connectivity index (χ0n) is 10.2. The molecule has 0 aromatic heterocycles. The molecule has 5 nitrogen and oxygen atoms in total. The number of carbonyl (C=O) groups excluding carboxylic acids is 2. The van der Waals surface area contributed by atoms with E-state index in [2.05, 4.69) is 0 Å². The van der Waals surface area contributed by atoms with Gasteiger partial charge in [0, 0.05) is 35.4 Å². The number of hydrogen-bond donors (Lipinski definition) is 0. The third-order valence-electron chi connectivity index (χ3n) is 3.54. The molecule has 0 saturated carbocycles. The van der Waals surface area contributed by atoms with Gasteiger partial charge < -0.3 is 9.80 Å². The Morgan fingerprint density at radius 2 is 2.18 bits per heavy atom. The van der Waals surface area contributed by atoms with Crippen LogP contribution in [-0.2, 0) is 20.4 Å². The van der Waals surface area contributed by atoms with Crippen molar-refractivity contribution in [2.24, 2.45) is 0 Å². The summed E-state index contributed by atoms with van der Waals surface area (Å²) in [6.45, 7) is 3.11. The predicted octanol–water partition coefficient (Wildman–Crippen LogP) is -0.413. The second-order valence-corrected chi connectivity index (χ2v) is 6.58. The summed E-state index contributed by atoms with van der Waals surface area (Å²) in [7, 11) is -0.963. The molecule has 0 spiro atoms. The van der Waals surface area contributed by atoms with Gasteiger partial charge in [-0.05, 0) is 19.8 Å². The van der Waals surface area contributed by atoms with Crippen molar-refractivity contribution in [3.63, 3.8) is 0 Å². The van der Waals surface area contributed by atoms with Crippen molar-refractivity contribution in [3.05, 3.63) is 0 Å². The topological polar surface area (TPSA) is 57.7 Å². The van der Waals surface area contributed by atoms with Gasteiger partial charge in [-0.2, -0.15) is 0 Å². The van der Waals surface area contributed by atoms with Gasteiger partial charge in [-0.3, -0.25) is 13.8 Å². The summed E-state index contributed by atoms with van der Waals surface area (Å²) in [5.41, 5.74) is 0. The fourth-order valence-corrected chi connectivity index (χ4v) is 2.82. The van der Waals surface area contributed by atoms with Crippen LogP contribution in [0.15, 0.2) is 0 Å². The number of carbonyl (C=O) groups is 2. The van der Waals surface area contributed by atoms with Crippen molar-refractivity contribution in [3.8, 4) is 0 Å². The standard InChI is InChI=1S/C11H18N2O3S/c1-8(17(2)16)6-12-7-10(14)13-5-3-4-9(13)11(12)15/h8-9H,3-7H2,1-2H3. The Morgan fingerprint density at radius 1 is 1.47 bits per heavy atom. The Labute approximate surface area is 104 Å². The van der Waals surface area contributed by atoms with Crippen LogP contribution < -0.4 is 0 Å². The molecule has 2 saturated heterocycles. The lowest BCUT2D eigenvalue weighted by molar-refractivity contribution is -0.153. The summed E-state index contributed by atoms with van der Waals surface area (Å²) >= 11 is 0. The molecular weight excluding hydrogens is 240 g/mol. The van der Waals surface area contributed by atoms with E-state index in [1.54, 1.807) is 16.1 Å². The molecule has 6 heteroatoms. The van der Waals surface area contributed by atoms with Gasteiger partial charge in [0.25, 0.3) is 0 Å². The molecule has 3 atom stereocenters. The van der Waals surface area contributed by atoms with E-state index in [1.807, 2.05) is 6.92 Å². The second-order valence-electron chi connectivity index (χ2n) is 4.77. The van der Waals surface area contributed by atoms with Crippen LogP contribution >= 0.6 is 0 Å². The molecular formula is C11H18N2O3S. The highest BCUT2D eigenvalue weighted by atomic mass is 32.2. The molecule has 2 aliphatic heterocycles. The molecule has 2 aliphatic rings. The second kappa shape index (κ2) is 4.76. The van der Waals surface area contributed by atoms with Crippen LogP contribution in [0.1, 0.15) is 19.8 Å². The molecule has 0 aliphatic carbocycles. The maximum atomic E-state index is 12.1. The lowest BCUT2D eigenvalue weighted by Gasteiger charge is -2.37. The summed E-state index contributed by atoms with van der Waals surface area (Å²) in [5, 5.41) is -0.0836. The van der Waals surface area contributed by atoms with Crippen molar-refractivity contribution in [2.45, 2.75) is 31.1 Å². The summed E-state index contributed by atoms with van der Waals surface area (Å²) in [4.78, 5) is 27.2. The van der Waals surface area contributed by atoms with E-state index in [1.165, 1.54) is 0 Å². The summed E-state index contributed by atoms with van der Waals surface area (Å²) in [6.07, 6.45) is 3.30. The van der Waals surface area contributed by atoms with Crippen molar-refractivity contribution in [2.75, 3.05) is 25.9 Å². The average Bonchev–Trinajstić information content (AvgIpc) is 2.74. The Bertz CT molecular complexity index is 372. The van der Waals surface area contributed by atoms with Crippen molar-refractivity contribution in [1.82, 2.24) is 9.80 Å². The normalized spacial score (nSPS) is 28.2. The Balaban J connectivity index is 2.07. The SMILES string of the molecule is CC(CN1CC(=O)N2CCCC2C1=O)S(C)=O. The summed E-state index contributed by atoms with van der Waals surface area (Å²) < 4.78 is 11.3. The predicted molar refractivity (Wildman–Crippen MR) is 64.8 cm³/mol. The van der Waals surface area contributed by atoms with Gasteiger partial charge in [0.1, 0.15) is 6.04 Å². The van der Waals surface area contributed by atoms with E-state index >= 15 is 0 Å². The molecule has 17 heavy (non-hydrogen) atoms. The van der Waals surface area contributed by atoms with Gasteiger partial charge in [-0.1, -0.05) is 0 Å². The lowest BCUT2D eigenvalue weighted by Crippen LogP contribution is -2.58. The minimum Gasteiger partial charge on any atom is -0.330 e. The molecule has 2 heterocycles. The molecule has 96 valence electrons. The van der Waals surface area contributed by atoms with Crippen LogP contribution in [0.4, 0.5) is 0 Å². The van der Waals surface area contributed by atoms with E-state index in [0.717, 1.165) is 12.8 Å². The number of nitrogens with zero attached hydrogens (tertiary/aromatic N) is 2. The van der Waals surface area contributed by atoms with Crippen LogP contribution in [-0.4, -0.2) is 63.0 Å². The fourth-order valence-electron chi connectivity index (χ4n) is 2.43. The van der Waals surface area contributed by atoms with E-state index in [4.69, 9.17) is 0 Å². The Hall–Kier alpha value is -0.910. The van der Waals surface area contributed by atoms with Gasteiger partial charge in [0.2, 0.25) is 11.8 Å². The fraction of sp³-hybridized carbons (Fsp3) is 0.818. The number of piperazine rings is 1. The van der Waals surface area contributed by atoms with E-state index < -0.39 is 10.8 Å². The van der Waals surface area contributed by atoms with Gasteiger partial charge in [0.05, 0.1) is 6.54 Å². The maximum absolute atomic E-state index is 12.1. The average molecular weight is 258 g/mol. The largest absolute Gasteiger partial charge is 0.330 e. The van der Waals surface area contributed by atoms with E-state index in [-0.39, 0.29) is 29.7 Å². The number of rotatable bonds is 3. The monoisotopic (exact) mass is 258 g/mol. The highest BCUT2D eigenvalue weighted by Gasteiger charge is 2.42. The minimum absolute atomic E-state index is 0.0272. The van der Waals surface area contributed by atoms with Gasteiger partial charge in [-0.25, -0.2) is 0 Å². The number of fused-ring (bicyclic) bond motifs is 1. The molecule has 0 aromatic rings. The maximum Gasteiger partial charge on any atom is 0.245 e. The Morgan fingerprint density at radius 3 is 2.82 bits per heavy atom. The van der Waals surface area contributed by atoms with Crippen LogP contribution in [0.3, 0.4) is 0 Å². The minimum atomic E-state index is -0.963. The van der Waals surface area contributed by atoms with E-state index in [0.29, 0.717) is 13.1 Å². The van der Waals surface area contributed by atoms with Gasteiger partial charge in [-0.15, -0.1) is 0 Å². The Kier molecular flexibility index (Phi) is 3.51. The number of hydrogen-bond acceptors (Lipinski definition) is 3. The molecule has 2 fully saturated rings. The first-order valence-electron chi connectivity index (χ1n) is 5.91. The first-order valence-corrected chi connectivity index (χ1v) is 7.53. The van der Waals surface area contributed by atoms with E-state index in [9.17, 15) is 13.8 Å². The molecule has 2 rings (SSSR count). The molecule has 0 bridgehead atoms. The summed E-state index contributed by atoms with van der Waals surface area (Å²) in [5.74, 6) is 0.0561. The van der Waals surface area contributed by atoms with Crippen molar-refractivity contribution < 1.29 is 13.8 Å². The molecule has 3 unspecified atom stereocenters. The zero-order valence-corrected chi connectivity index (χ0v) is 11.0. The van der Waals surface area contributed by atoms with Crippen LogP contribution in [0, 0.1) is 0 Å². The third-order valence-corrected chi connectivity index (χ3v) is 4.82.